The minimum Gasteiger partial charge on any atom is -0.455 e. The summed E-state index contributed by atoms with van der Waals surface area (Å²) in [5, 5.41) is 2.16. The Labute approximate surface area is 301 Å². The fraction of sp³-hybridized carbons (Fsp3) is 0.0200. The van der Waals surface area contributed by atoms with Crippen LogP contribution in [0, 0.1) is 0 Å². The molecule has 2 heteroatoms. The summed E-state index contributed by atoms with van der Waals surface area (Å²) in [5.41, 5.74) is 15.8. The molecule has 0 saturated heterocycles. The molecule has 1 heterocycles. The van der Waals surface area contributed by atoms with Gasteiger partial charge in [0.2, 0.25) is 0 Å². The molecule has 52 heavy (non-hydrogen) atoms. The number of hydrogen-bond acceptors (Lipinski definition) is 2. The highest BCUT2D eigenvalue weighted by atomic mass is 16.3. The third-order valence-corrected chi connectivity index (χ3v) is 11.3. The molecule has 0 radical (unpaired) electrons. The average Bonchev–Trinajstić information content (AvgIpc) is 3.74. The molecule has 242 valence electrons. The molecule has 0 fully saturated rings. The molecule has 2 nitrogen and oxygen atoms in total. The summed E-state index contributed by atoms with van der Waals surface area (Å²) in [7, 11) is 0. The van der Waals surface area contributed by atoms with Crippen LogP contribution in [0.3, 0.4) is 0 Å². The van der Waals surface area contributed by atoms with Gasteiger partial charge >= 0.3 is 0 Å². The van der Waals surface area contributed by atoms with Crippen molar-refractivity contribution in [3.8, 4) is 44.5 Å². The molecular formula is C50H30O2. The summed E-state index contributed by atoms with van der Waals surface area (Å²) in [6.45, 7) is 0. The Hall–Kier alpha value is -6.77. The first-order valence-corrected chi connectivity index (χ1v) is 17.8. The van der Waals surface area contributed by atoms with E-state index in [1.54, 1.807) is 0 Å². The number of fused-ring (bicyclic) bond motifs is 12. The second-order valence-corrected chi connectivity index (χ2v) is 13.9. The van der Waals surface area contributed by atoms with E-state index in [1.807, 2.05) is 24.3 Å². The van der Waals surface area contributed by atoms with Crippen molar-refractivity contribution in [1.29, 1.82) is 0 Å². The normalized spacial score (nSPS) is 13.6. The molecule has 11 rings (SSSR count). The van der Waals surface area contributed by atoms with Crippen LogP contribution in [0.2, 0.25) is 0 Å². The number of para-hydroxylation sites is 2. The lowest BCUT2D eigenvalue weighted by Crippen LogP contribution is -2.36. The monoisotopic (exact) mass is 662 g/mol. The van der Waals surface area contributed by atoms with Crippen molar-refractivity contribution in [3.05, 3.63) is 215 Å². The van der Waals surface area contributed by atoms with Crippen LogP contribution in [0.5, 0.6) is 0 Å². The first-order valence-electron chi connectivity index (χ1n) is 17.8. The van der Waals surface area contributed by atoms with Gasteiger partial charge in [-0.25, -0.2) is 0 Å². The fourth-order valence-electron chi connectivity index (χ4n) is 9.05. The van der Waals surface area contributed by atoms with Gasteiger partial charge in [0.15, 0.2) is 5.78 Å². The molecule has 0 saturated carbocycles. The minimum absolute atomic E-state index is 0.0423. The zero-order valence-corrected chi connectivity index (χ0v) is 28.1. The maximum absolute atomic E-state index is 14.9. The van der Waals surface area contributed by atoms with Crippen molar-refractivity contribution in [2.75, 3.05) is 0 Å². The Morgan fingerprint density at radius 2 is 0.923 bits per heavy atom. The molecule has 0 atom stereocenters. The Morgan fingerprint density at radius 1 is 0.346 bits per heavy atom. The van der Waals surface area contributed by atoms with Gasteiger partial charge in [-0.05, 0) is 85.5 Å². The first kappa shape index (κ1) is 29.0. The summed E-state index contributed by atoms with van der Waals surface area (Å²) in [6.07, 6.45) is 0. The summed E-state index contributed by atoms with van der Waals surface area (Å²) in [5.74, 6) is 0.0423. The van der Waals surface area contributed by atoms with Crippen LogP contribution in [0.4, 0.5) is 0 Å². The predicted molar refractivity (Wildman–Crippen MR) is 211 cm³/mol. The zero-order chi connectivity index (χ0) is 34.4. The Morgan fingerprint density at radius 3 is 1.73 bits per heavy atom. The third-order valence-electron chi connectivity index (χ3n) is 11.3. The highest BCUT2D eigenvalue weighted by molar-refractivity contribution is 6.16. The topological polar surface area (TPSA) is 30.2 Å². The minimum atomic E-state index is -0.678. The predicted octanol–water partition coefficient (Wildman–Crippen LogP) is 12.5. The van der Waals surface area contributed by atoms with Crippen molar-refractivity contribution < 1.29 is 9.21 Å². The van der Waals surface area contributed by atoms with Crippen molar-refractivity contribution in [1.82, 2.24) is 0 Å². The maximum Gasteiger partial charge on any atom is 0.193 e. The molecular weight excluding hydrogens is 633 g/mol. The standard InChI is InChI=1S/C50H30O2/c51-48-41-26-24-34(33-15-10-14-32(28-33)31-12-2-1-3-13-31)30-46(41)50(43-21-7-4-16-37(43)38-17-5-8-22-44(38)50)45-27-25-35(29-42(45)48)36-19-11-20-40-39-18-6-9-23-47(39)52-49(36)40/h1-30H. The molecule has 0 amide bonds. The number of rotatable bonds is 3. The van der Waals surface area contributed by atoms with E-state index in [1.165, 1.54) is 27.8 Å². The van der Waals surface area contributed by atoms with E-state index < -0.39 is 5.41 Å². The molecule has 1 spiro atoms. The van der Waals surface area contributed by atoms with Gasteiger partial charge < -0.3 is 4.42 Å². The van der Waals surface area contributed by atoms with Crippen molar-refractivity contribution >= 4 is 27.7 Å². The van der Waals surface area contributed by atoms with Crippen molar-refractivity contribution in [2.24, 2.45) is 0 Å². The van der Waals surface area contributed by atoms with Crippen LogP contribution in [-0.4, -0.2) is 5.78 Å². The Kier molecular flexibility index (Phi) is 6.06. The first-order chi connectivity index (χ1) is 25.7. The molecule has 9 aromatic rings. The van der Waals surface area contributed by atoms with Gasteiger partial charge in [-0.1, -0.05) is 158 Å². The van der Waals surface area contributed by atoms with E-state index in [0.717, 1.165) is 72.0 Å². The van der Waals surface area contributed by atoms with E-state index in [0.29, 0.717) is 0 Å². The molecule has 0 unspecified atom stereocenters. The van der Waals surface area contributed by atoms with E-state index in [4.69, 9.17) is 4.42 Å². The van der Waals surface area contributed by atoms with Gasteiger partial charge in [0, 0.05) is 27.5 Å². The van der Waals surface area contributed by atoms with Crippen molar-refractivity contribution in [3.63, 3.8) is 0 Å². The van der Waals surface area contributed by atoms with Gasteiger partial charge in [0.1, 0.15) is 11.2 Å². The van der Waals surface area contributed by atoms with E-state index in [-0.39, 0.29) is 5.78 Å². The number of ketones is 1. The summed E-state index contributed by atoms with van der Waals surface area (Å²) in [6, 6.07) is 64.0. The SMILES string of the molecule is O=C1c2cc(-c3cccc4c3oc3ccccc34)ccc2C2(c3cc(-c4cccc(-c5ccccc5)c4)ccc31)c1ccccc1-c1ccccc12. The Bertz CT molecular complexity index is 2880. The van der Waals surface area contributed by atoms with E-state index in [9.17, 15) is 4.79 Å². The molecule has 8 aromatic carbocycles. The smallest absolute Gasteiger partial charge is 0.193 e. The second kappa shape index (κ2) is 10.9. The van der Waals surface area contributed by atoms with Gasteiger partial charge in [0.05, 0.1) is 5.41 Å². The van der Waals surface area contributed by atoms with Crippen LogP contribution < -0.4 is 0 Å². The fourth-order valence-corrected chi connectivity index (χ4v) is 9.05. The molecule has 0 bridgehead atoms. The van der Waals surface area contributed by atoms with Crippen LogP contribution in [-0.2, 0) is 5.41 Å². The molecule has 1 aromatic heterocycles. The maximum atomic E-state index is 14.9. The summed E-state index contributed by atoms with van der Waals surface area (Å²) < 4.78 is 6.46. The van der Waals surface area contributed by atoms with Gasteiger partial charge in [0.25, 0.3) is 0 Å². The molecule has 2 aliphatic carbocycles. The lowest BCUT2D eigenvalue weighted by molar-refractivity contribution is 0.103. The summed E-state index contributed by atoms with van der Waals surface area (Å²) in [4.78, 5) is 14.9. The van der Waals surface area contributed by atoms with E-state index in [2.05, 4.69) is 158 Å². The number of carbonyl (C=O) groups excluding carboxylic acids is 1. The second-order valence-electron chi connectivity index (χ2n) is 13.9. The number of hydrogen-bond donors (Lipinski definition) is 0. The zero-order valence-electron chi connectivity index (χ0n) is 28.1. The van der Waals surface area contributed by atoms with Crippen LogP contribution >= 0.6 is 0 Å². The third kappa shape index (κ3) is 3.92. The largest absolute Gasteiger partial charge is 0.455 e. The quantitative estimate of drug-likeness (QED) is 0.188. The Balaban J connectivity index is 1.17. The lowest BCUT2D eigenvalue weighted by atomic mass is 9.60. The number of carbonyl (C=O) groups is 1. The van der Waals surface area contributed by atoms with Crippen molar-refractivity contribution in [2.45, 2.75) is 5.41 Å². The van der Waals surface area contributed by atoms with Crippen LogP contribution in [0.15, 0.2) is 186 Å². The average molecular weight is 663 g/mol. The van der Waals surface area contributed by atoms with Gasteiger partial charge in [-0.2, -0.15) is 0 Å². The highest BCUT2D eigenvalue weighted by Crippen LogP contribution is 2.60. The molecule has 0 N–H and O–H groups in total. The van der Waals surface area contributed by atoms with Crippen LogP contribution in [0.25, 0.3) is 66.4 Å². The van der Waals surface area contributed by atoms with Gasteiger partial charge in [-0.15, -0.1) is 0 Å². The lowest BCUT2D eigenvalue weighted by Gasteiger charge is -2.40. The number of benzene rings is 8. The van der Waals surface area contributed by atoms with E-state index >= 15 is 0 Å². The van der Waals surface area contributed by atoms with Crippen LogP contribution in [0.1, 0.15) is 38.2 Å². The molecule has 0 aliphatic heterocycles. The van der Waals surface area contributed by atoms with Gasteiger partial charge in [-0.3, -0.25) is 4.79 Å². The molecule has 2 aliphatic rings. The summed E-state index contributed by atoms with van der Waals surface area (Å²) >= 11 is 0. The number of furan rings is 1. The highest BCUT2D eigenvalue weighted by Gasteiger charge is 2.51.